The highest BCUT2D eigenvalue weighted by Crippen LogP contribution is 2.22. The predicted octanol–water partition coefficient (Wildman–Crippen LogP) is 3.34. The highest BCUT2D eigenvalue weighted by molar-refractivity contribution is 6.42. The SMILES string of the molecule is N=Cc1nc(NCc2ccc(Cl)c(Cl)c2)[nH]c(=O)c1CCCCCCNC1=NCCN1. The van der Waals surface area contributed by atoms with Gasteiger partial charge in [0.2, 0.25) is 5.95 Å². The van der Waals surface area contributed by atoms with Crippen molar-refractivity contribution in [3.63, 3.8) is 0 Å². The van der Waals surface area contributed by atoms with Gasteiger partial charge in [-0.3, -0.25) is 14.8 Å². The standard InChI is InChI=1S/C21H27Cl2N7O/c22-16-7-6-14(11-17(16)23)13-28-21-29-18(12-24)15(19(31)30-21)5-3-1-2-4-8-25-20-26-9-10-27-20/h6-7,11-12,24H,1-5,8-10,13H2,(H2,25,26,27)(H2,28,29,30,31). The topological polar surface area (TPSA) is 118 Å². The van der Waals surface area contributed by atoms with E-state index in [9.17, 15) is 4.79 Å². The van der Waals surface area contributed by atoms with Crippen LogP contribution >= 0.6 is 23.2 Å². The molecule has 2 heterocycles. The first-order valence-electron chi connectivity index (χ1n) is 10.4. The zero-order valence-electron chi connectivity index (χ0n) is 17.2. The normalized spacial score (nSPS) is 12.9. The number of anilines is 1. The molecule has 0 saturated carbocycles. The number of halogens is 2. The molecular formula is C21H27Cl2N7O. The number of hydrogen-bond acceptors (Lipinski definition) is 7. The molecular weight excluding hydrogens is 437 g/mol. The summed E-state index contributed by atoms with van der Waals surface area (Å²) in [5, 5.41) is 18.1. The summed E-state index contributed by atoms with van der Waals surface area (Å²) >= 11 is 12.0. The Balaban J connectivity index is 1.46. The fourth-order valence-electron chi connectivity index (χ4n) is 3.30. The van der Waals surface area contributed by atoms with Crippen molar-refractivity contribution in [1.29, 1.82) is 5.41 Å². The van der Waals surface area contributed by atoms with Gasteiger partial charge in [-0.1, -0.05) is 42.1 Å². The molecule has 0 saturated heterocycles. The molecule has 0 amide bonds. The Morgan fingerprint density at radius 2 is 1.97 bits per heavy atom. The van der Waals surface area contributed by atoms with E-state index < -0.39 is 0 Å². The van der Waals surface area contributed by atoms with Crippen LogP contribution in [0.4, 0.5) is 5.95 Å². The average molecular weight is 464 g/mol. The first-order valence-corrected chi connectivity index (χ1v) is 11.2. The number of nitrogens with one attached hydrogen (secondary N) is 5. The van der Waals surface area contributed by atoms with E-state index in [2.05, 4.69) is 30.9 Å². The van der Waals surface area contributed by atoms with Crippen LogP contribution < -0.4 is 21.5 Å². The Kier molecular flexibility index (Phi) is 8.73. The van der Waals surface area contributed by atoms with Gasteiger partial charge >= 0.3 is 0 Å². The first-order chi connectivity index (χ1) is 15.1. The summed E-state index contributed by atoms with van der Waals surface area (Å²) in [7, 11) is 0. The van der Waals surface area contributed by atoms with E-state index in [1.54, 1.807) is 12.1 Å². The van der Waals surface area contributed by atoms with E-state index in [0.717, 1.165) is 63.1 Å². The summed E-state index contributed by atoms with van der Waals surface area (Å²) in [6.07, 6.45) is 5.73. The van der Waals surface area contributed by atoms with Crippen LogP contribution in [0.25, 0.3) is 0 Å². The molecule has 2 aromatic rings. The van der Waals surface area contributed by atoms with Crippen LogP contribution in [0.1, 0.15) is 42.5 Å². The maximum absolute atomic E-state index is 12.5. The second-order valence-corrected chi connectivity index (χ2v) is 8.09. The molecule has 1 aromatic carbocycles. The van der Waals surface area contributed by atoms with Crippen LogP contribution in [0.5, 0.6) is 0 Å². The number of guanidine groups is 1. The van der Waals surface area contributed by atoms with Gasteiger partial charge in [0.05, 0.1) is 22.3 Å². The maximum atomic E-state index is 12.5. The van der Waals surface area contributed by atoms with E-state index in [1.165, 1.54) is 0 Å². The third kappa shape index (κ3) is 6.97. The average Bonchev–Trinajstić information content (AvgIpc) is 3.28. The number of rotatable bonds is 11. The monoisotopic (exact) mass is 463 g/mol. The van der Waals surface area contributed by atoms with Crippen LogP contribution in [0.2, 0.25) is 10.0 Å². The highest BCUT2D eigenvalue weighted by atomic mass is 35.5. The highest BCUT2D eigenvalue weighted by Gasteiger charge is 2.10. The Morgan fingerprint density at radius 1 is 1.13 bits per heavy atom. The van der Waals surface area contributed by atoms with Crippen molar-refractivity contribution >= 4 is 41.3 Å². The molecule has 31 heavy (non-hydrogen) atoms. The third-order valence-corrected chi connectivity index (χ3v) is 5.69. The smallest absolute Gasteiger partial charge is 0.256 e. The molecule has 166 valence electrons. The summed E-state index contributed by atoms with van der Waals surface area (Å²) in [4.78, 5) is 24.0. The van der Waals surface area contributed by atoms with Crippen molar-refractivity contribution in [3.05, 3.63) is 55.4 Å². The zero-order valence-corrected chi connectivity index (χ0v) is 18.7. The molecule has 0 fully saturated rings. The molecule has 0 radical (unpaired) electrons. The molecule has 5 N–H and O–H groups in total. The molecule has 1 aliphatic heterocycles. The minimum absolute atomic E-state index is 0.211. The summed E-state index contributed by atoms with van der Waals surface area (Å²) < 4.78 is 0. The van der Waals surface area contributed by atoms with Gasteiger partial charge in [-0.2, -0.15) is 0 Å². The van der Waals surface area contributed by atoms with Gasteiger partial charge in [0.15, 0.2) is 5.96 Å². The number of aromatic amines is 1. The Hall–Kier alpha value is -2.58. The lowest BCUT2D eigenvalue weighted by molar-refractivity contribution is 0.627. The molecule has 0 spiro atoms. The van der Waals surface area contributed by atoms with Crippen LogP contribution in [-0.4, -0.2) is 41.8 Å². The van der Waals surface area contributed by atoms with E-state index in [1.807, 2.05) is 6.07 Å². The molecule has 1 aliphatic rings. The van der Waals surface area contributed by atoms with Gasteiger partial charge in [0.1, 0.15) is 0 Å². The molecule has 0 atom stereocenters. The van der Waals surface area contributed by atoms with E-state index in [0.29, 0.717) is 40.2 Å². The predicted molar refractivity (Wildman–Crippen MR) is 127 cm³/mol. The van der Waals surface area contributed by atoms with Crippen molar-refractivity contribution in [3.8, 4) is 0 Å². The van der Waals surface area contributed by atoms with E-state index in [-0.39, 0.29) is 5.56 Å². The third-order valence-electron chi connectivity index (χ3n) is 4.95. The van der Waals surface area contributed by atoms with Gasteiger partial charge < -0.3 is 21.4 Å². The van der Waals surface area contributed by atoms with E-state index >= 15 is 0 Å². The summed E-state index contributed by atoms with van der Waals surface area (Å²) in [5.41, 5.74) is 1.64. The van der Waals surface area contributed by atoms with Crippen molar-refractivity contribution < 1.29 is 0 Å². The second-order valence-electron chi connectivity index (χ2n) is 7.27. The Labute approximate surface area is 191 Å². The number of benzene rings is 1. The van der Waals surface area contributed by atoms with Crippen molar-refractivity contribution in [1.82, 2.24) is 20.6 Å². The van der Waals surface area contributed by atoms with Crippen LogP contribution in [0.3, 0.4) is 0 Å². The molecule has 8 nitrogen and oxygen atoms in total. The Morgan fingerprint density at radius 3 is 2.71 bits per heavy atom. The van der Waals surface area contributed by atoms with Gasteiger partial charge in [-0.15, -0.1) is 0 Å². The fraction of sp³-hybridized carbons (Fsp3) is 0.429. The lowest BCUT2D eigenvalue weighted by Gasteiger charge is -2.10. The van der Waals surface area contributed by atoms with E-state index in [4.69, 9.17) is 28.6 Å². The van der Waals surface area contributed by atoms with Crippen LogP contribution in [-0.2, 0) is 13.0 Å². The van der Waals surface area contributed by atoms with Gasteiger partial charge in [0.25, 0.3) is 5.56 Å². The lowest BCUT2D eigenvalue weighted by Crippen LogP contribution is -2.34. The lowest BCUT2D eigenvalue weighted by atomic mass is 10.1. The van der Waals surface area contributed by atoms with Crippen LogP contribution in [0.15, 0.2) is 28.0 Å². The van der Waals surface area contributed by atoms with Crippen molar-refractivity contribution in [2.24, 2.45) is 4.99 Å². The number of aromatic nitrogens is 2. The van der Waals surface area contributed by atoms with Crippen molar-refractivity contribution in [2.45, 2.75) is 38.6 Å². The number of aliphatic imine (C=N–C) groups is 1. The minimum Gasteiger partial charge on any atom is -0.356 e. The fourth-order valence-corrected chi connectivity index (χ4v) is 3.62. The molecule has 10 heteroatoms. The summed E-state index contributed by atoms with van der Waals surface area (Å²) in [6.45, 7) is 3.06. The largest absolute Gasteiger partial charge is 0.356 e. The minimum atomic E-state index is -0.211. The van der Waals surface area contributed by atoms with Crippen molar-refractivity contribution in [2.75, 3.05) is 25.0 Å². The molecule has 0 aliphatic carbocycles. The quantitative estimate of drug-likeness (QED) is 0.258. The van der Waals surface area contributed by atoms with Gasteiger partial charge in [-0.25, -0.2) is 4.98 Å². The number of unbranched alkanes of at least 4 members (excludes halogenated alkanes) is 3. The Bertz CT molecular complexity index is 990. The number of nitrogens with zero attached hydrogens (tertiary/aromatic N) is 2. The molecule has 3 rings (SSSR count). The summed E-state index contributed by atoms with van der Waals surface area (Å²) in [6, 6.07) is 5.33. The zero-order chi connectivity index (χ0) is 22.1. The number of hydrogen-bond donors (Lipinski definition) is 5. The van der Waals surface area contributed by atoms with Gasteiger partial charge in [0, 0.05) is 31.4 Å². The number of H-pyrrole nitrogens is 1. The van der Waals surface area contributed by atoms with Gasteiger partial charge in [-0.05, 0) is 37.0 Å². The molecule has 0 unspecified atom stereocenters. The summed E-state index contributed by atoms with van der Waals surface area (Å²) in [5.74, 6) is 1.22. The maximum Gasteiger partial charge on any atom is 0.256 e. The first kappa shape index (κ1) is 23.1. The van der Waals surface area contributed by atoms with Crippen LogP contribution in [0, 0.1) is 5.41 Å². The molecule has 1 aromatic heterocycles. The second kappa shape index (κ2) is 11.7. The molecule has 0 bridgehead atoms.